The van der Waals surface area contributed by atoms with Crippen LogP contribution in [0.3, 0.4) is 0 Å². The number of likely N-dealkylation sites (N-methyl/N-ethyl adjacent to an activating group) is 1. The lowest BCUT2D eigenvalue weighted by molar-refractivity contribution is -0.384. The van der Waals surface area contributed by atoms with E-state index in [4.69, 9.17) is 0 Å². The summed E-state index contributed by atoms with van der Waals surface area (Å²) >= 11 is 2.04. The summed E-state index contributed by atoms with van der Waals surface area (Å²) < 4.78 is 0.742. The van der Waals surface area contributed by atoms with Gasteiger partial charge in [0.15, 0.2) is 0 Å². The zero-order valence-corrected chi connectivity index (χ0v) is 13.5. The van der Waals surface area contributed by atoms with Crippen molar-refractivity contribution < 1.29 is 9.72 Å². The SMILES string of the molecule is CN(C)C1CCN(C(=O)c2cc([N+](=O)[O-])ccc2I)C1. The van der Waals surface area contributed by atoms with Crippen molar-refractivity contribution >= 4 is 34.2 Å². The van der Waals surface area contributed by atoms with Crippen molar-refractivity contribution in [1.29, 1.82) is 0 Å². The smallest absolute Gasteiger partial charge is 0.270 e. The molecule has 0 radical (unpaired) electrons. The molecule has 0 bridgehead atoms. The van der Waals surface area contributed by atoms with E-state index in [1.165, 1.54) is 12.1 Å². The third kappa shape index (κ3) is 3.09. The number of carbonyl (C=O) groups excluding carboxylic acids is 1. The largest absolute Gasteiger partial charge is 0.337 e. The van der Waals surface area contributed by atoms with Crippen LogP contribution in [0.25, 0.3) is 0 Å². The molecule has 0 aromatic heterocycles. The maximum atomic E-state index is 12.5. The minimum atomic E-state index is -0.473. The summed E-state index contributed by atoms with van der Waals surface area (Å²) in [4.78, 5) is 26.7. The van der Waals surface area contributed by atoms with Crippen LogP contribution < -0.4 is 0 Å². The normalized spacial score (nSPS) is 18.6. The molecular weight excluding hydrogens is 373 g/mol. The quantitative estimate of drug-likeness (QED) is 0.451. The zero-order chi connectivity index (χ0) is 14.9. The predicted octanol–water partition coefficient (Wildman–Crippen LogP) is 1.98. The number of likely N-dealkylation sites (tertiary alicyclic amines) is 1. The average molecular weight is 389 g/mol. The lowest BCUT2D eigenvalue weighted by atomic mass is 10.2. The number of benzene rings is 1. The van der Waals surface area contributed by atoms with Gasteiger partial charge in [-0.25, -0.2) is 0 Å². The Labute approximate surface area is 131 Å². The van der Waals surface area contributed by atoms with Crippen molar-refractivity contribution in [2.45, 2.75) is 12.5 Å². The minimum absolute atomic E-state index is 0.0443. The van der Waals surface area contributed by atoms with E-state index in [9.17, 15) is 14.9 Å². The fourth-order valence-electron chi connectivity index (χ4n) is 2.31. The van der Waals surface area contributed by atoms with Crippen LogP contribution in [-0.2, 0) is 0 Å². The van der Waals surface area contributed by atoms with Crippen LogP contribution in [-0.4, -0.2) is 53.9 Å². The van der Waals surface area contributed by atoms with Gasteiger partial charge in [-0.15, -0.1) is 0 Å². The number of amides is 1. The maximum absolute atomic E-state index is 12.5. The molecule has 1 atom stereocenters. The van der Waals surface area contributed by atoms with E-state index >= 15 is 0 Å². The monoisotopic (exact) mass is 389 g/mol. The minimum Gasteiger partial charge on any atom is -0.337 e. The highest BCUT2D eigenvalue weighted by atomic mass is 127. The first kappa shape index (κ1) is 15.2. The lowest BCUT2D eigenvalue weighted by Gasteiger charge is -2.20. The number of rotatable bonds is 3. The van der Waals surface area contributed by atoms with Crippen LogP contribution in [0.15, 0.2) is 18.2 Å². The average Bonchev–Trinajstić information content (AvgIpc) is 2.88. The molecule has 1 aliphatic rings. The van der Waals surface area contributed by atoms with Crippen molar-refractivity contribution in [3.63, 3.8) is 0 Å². The molecule has 0 aliphatic carbocycles. The summed E-state index contributed by atoms with van der Waals surface area (Å²) in [6, 6.07) is 4.76. The molecule has 1 aliphatic heterocycles. The lowest BCUT2D eigenvalue weighted by Crippen LogP contribution is -2.34. The molecule has 6 nitrogen and oxygen atoms in total. The van der Waals surface area contributed by atoms with Gasteiger partial charge in [0, 0.05) is 34.8 Å². The van der Waals surface area contributed by atoms with Gasteiger partial charge in [-0.1, -0.05) is 0 Å². The second kappa shape index (κ2) is 6.04. The Kier molecular flexibility index (Phi) is 4.59. The molecule has 1 fully saturated rings. The number of nitro groups is 1. The third-order valence-corrected chi connectivity index (χ3v) is 4.51. The molecule has 1 heterocycles. The first-order valence-corrected chi connectivity index (χ1v) is 7.37. The Hall–Kier alpha value is -1.22. The van der Waals surface area contributed by atoms with Gasteiger partial charge in [-0.05, 0) is 49.2 Å². The molecule has 0 saturated carbocycles. The number of nitro benzene ring substituents is 1. The van der Waals surface area contributed by atoms with Crippen molar-refractivity contribution in [1.82, 2.24) is 9.80 Å². The summed E-state index contributed by atoms with van der Waals surface area (Å²) in [5.41, 5.74) is 0.372. The number of hydrogen-bond donors (Lipinski definition) is 0. The summed E-state index contributed by atoms with van der Waals surface area (Å²) in [5, 5.41) is 10.8. The van der Waals surface area contributed by atoms with Crippen molar-refractivity contribution in [2.24, 2.45) is 0 Å². The topological polar surface area (TPSA) is 66.7 Å². The van der Waals surface area contributed by atoms with E-state index in [-0.39, 0.29) is 11.6 Å². The summed E-state index contributed by atoms with van der Waals surface area (Å²) in [6.45, 7) is 1.37. The number of halogens is 1. The molecular formula is C13H16IN3O3. The van der Waals surface area contributed by atoms with Crippen molar-refractivity contribution in [3.05, 3.63) is 37.4 Å². The molecule has 2 rings (SSSR count). The predicted molar refractivity (Wildman–Crippen MR) is 83.8 cm³/mol. The molecule has 1 aromatic rings. The van der Waals surface area contributed by atoms with Gasteiger partial charge in [0.1, 0.15) is 0 Å². The van der Waals surface area contributed by atoms with Gasteiger partial charge in [-0.2, -0.15) is 0 Å². The molecule has 0 N–H and O–H groups in total. The molecule has 20 heavy (non-hydrogen) atoms. The first-order chi connectivity index (χ1) is 9.40. The van der Waals surface area contributed by atoms with Crippen LogP contribution in [0.2, 0.25) is 0 Å². The van der Waals surface area contributed by atoms with E-state index in [1.807, 2.05) is 36.7 Å². The summed E-state index contributed by atoms with van der Waals surface area (Å²) in [7, 11) is 3.99. The van der Waals surface area contributed by atoms with Gasteiger partial charge in [0.2, 0.25) is 0 Å². The molecule has 7 heteroatoms. The van der Waals surface area contributed by atoms with Crippen LogP contribution in [0, 0.1) is 13.7 Å². The van der Waals surface area contributed by atoms with Crippen LogP contribution in [0.1, 0.15) is 16.8 Å². The molecule has 0 spiro atoms. The van der Waals surface area contributed by atoms with Crippen LogP contribution in [0.5, 0.6) is 0 Å². The van der Waals surface area contributed by atoms with Crippen LogP contribution in [0.4, 0.5) is 5.69 Å². The fourth-order valence-corrected chi connectivity index (χ4v) is 2.88. The Bertz CT molecular complexity index is 548. The molecule has 108 valence electrons. The van der Waals surface area contributed by atoms with Gasteiger partial charge in [-0.3, -0.25) is 14.9 Å². The maximum Gasteiger partial charge on any atom is 0.270 e. The van der Waals surface area contributed by atoms with Gasteiger partial charge in [0.05, 0.1) is 10.5 Å². The van der Waals surface area contributed by atoms with Crippen LogP contribution >= 0.6 is 22.6 Å². The third-order valence-electron chi connectivity index (χ3n) is 3.57. The van der Waals surface area contributed by atoms with Crippen molar-refractivity contribution in [2.75, 3.05) is 27.2 Å². The molecule has 1 amide bonds. The van der Waals surface area contributed by atoms with Gasteiger partial charge < -0.3 is 9.80 Å². The number of hydrogen-bond acceptors (Lipinski definition) is 4. The number of non-ortho nitro benzene ring substituents is 1. The summed E-state index contributed by atoms with van der Waals surface area (Å²) in [6.07, 6.45) is 0.935. The van der Waals surface area contributed by atoms with E-state index < -0.39 is 4.92 Å². The number of nitrogens with zero attached hydrogens (tertiary/aromatic N) is 3. The Morgan fingerprint density at radius 3 is 2.75 bits per heavy atom. The highest BCUT2D eigenvalue weighted by Gasteiger charge is 2.29. The van der Waals surface area contributed by atoms with Crippen molar-refractivity contribution in [3.8, 4) is 0 Å². The van der Waals surface area contributed by atoms with E-state index in [0.29, 0.717) is 24.7 Å². The second-order valence-electron chi connectivity index (χ2n) is 5.08. The second-order valence-corrected chi connectivity index (χ2v) is 6.24. The zero-order valence-electron chi connectivity index (χ0n) is 11.4. The Morgan fingerprint density at radius 1 is 1.50 bits per heavy atom. The molecule has 1 unspecified atom stereocenters. The number of carbonyl (C=O) groups is 1. The Balaban J connectivity index is 2.21. The standard InChI is InChI=1S/C13H16IN3O3/c1-15(2)10-5-6-16(8-10)13(18)11-7-9(17(19)20)3-4-12(11)14/h3-4,7,10H,5-6,8H2,1-2H3. The van der Waals surface area contributed by atoms with Gasteiger partial charge in [0.25, 0.3) is 11.6 Å². The first-order valence-electron chi connectivity index (χ1n) is 6.30. The fraction of sp³-hybridized carbons (Fsp3) is 0.462. The highest BCUT2D eigenvalue weighted by molar-refractivity contribution is 14.1. The Morgan fingerprint density at radius 2 is 2.20 bits per heavy atom. The van der Waals surface area contributed by atoms with E-state index in [2.05, 4.69) is 4.90 Å². The van der Waals surface area contributed by atoms with Gasteiger partial charge >= 0.3 is 0 Å². The summed E-state index contributed by atoms with van der Waals surface area (Å²) in [5.74, 6) is -0.123. The van der Waals surface area contributed by atoms with E-state index in [1.54, 1.807) is 11.0 Å². The van der Waals surface area contributed by atoms with E-state index in [0.717, 1.165) is 9.99 Å². The highest BCUT2D eigenvalue weighted by Crippen LogP contribution is 2.23. The molecule has 1 saturated heterocycles. The molecule has 1 aromatic carbocycles.